The van der Waals surface area contributed by atoms with Gasteiger partial charge in [-0.05, 0) is 40.0 Å². The second-order valence-corrected chi connectivity index (χ2v) is 9.97. The summed E-state index contributed by atoms with van der Waals surface area (Å²) in [5.74, 6) is -0.817. The predicted octanol–water partition coefficient (Wildman–Crippen LogP) is 4.86. The van der Waals surface area contributed by atoms with E-state index in [-0.39, 0.29) is 5.91 Å². The van der Waals surface area contributed by atoms with E-state index in [1.807, 2.05) is 0 Å². The van der Waals surface area contributed by atoms with Gasteiger partial charge in [0, 0.05) is 6.54 Å². The summed E-state index contributed by atoms with van der Waals surface area (Å²) < 4.78 is 10.3. The molecule has 0 aromatic rings. The highest BCUT2D eigenvalue weighted by molar-refractivity contribution is 5.89. The summed E-state index contributed by atoms with van der Waals surface area (Å²) in [6, 6.07) is -1.44. The van der Waals surface area contributed by atoms with Crippen molar-refractivity contribution < 1.29 is 23.9 Å². The van der Waals surface area contributed by atoms with E-state index < -0.39 is 29.7 Å². The van der Waals surface area contributed by atoms with Gasteiger partial charge in [-0.1, -0.05) is 71.1 Å². The Hall–Kier alpha value is -1.83. The molecule has 33 heavy (non-hydrogen) atoms. The number of hydrogen-bond donors (Lipinski definition) is 2. The molecule has 1 aliphatic heterocycles. The molecule has 1 unspecified atom stereocenters. The second-order valence-electron chi connectivity index (χ2n) is 9.97. The smallest absolute Gasteiger partial charge is 0.425 e. The third-order valence-corrected chi connectivity index (χ3v) is 5.79. The summed E-state index contributed by atoms with van der Waals surface area (Å²) in [4.78, 5) is 37.8. The maximum atomic E-state index is 13.0. The number of carbonyl (C=O) groups is 3. The van der Waals surface area contributed by atoms with Crippen LogP contribution in [0.5, 0.6) is 0 Å². The number of amides is 2. The van der Waals surface area contributed by atoms with Crippen LogP contribution < -0.4 is 10.7 Å². The van der Waals surface area contributed by atoms with Gasteiger partial charge in [0.25, 0.3) is 0 Å². The van der Waals surface area contributed by atoms with Crippen LogP contribution in [0.2, 0.25) is 0 Å². The molecule has 0 saturated carbocycles. The number of hydrogen-bond acceptors (Lipinski definition) is 6. The molecule has 1 fully saturated rings. The minimum Gasteiger partial charge on any atom is -0.467 e. The number of nitrogens with zero attached hydrogens (tertiary/aromatic N) is 1. The molecule has 0 aliphatic carbocycles. The van der Waals surface area contributed by atoms with Crippen LogP contribution in [0.15, 0.2) is 0 Å². The van der Waals surface area contributed by atoms with E-state index >= 15 is 0 Å². The van der Waals surface area contributed by atoms with Gasteiger partial charge in [-0.25, -0.2) is 20.0 Å². The average Bonchev–Trinajstić information content (AvgIpc) is 2.77. The minimum absolute atomic E-state index is 0.365. The predicted molar refractivity (Wildman–Crippen MR) is 130 cm³/mol. The third kappa shape index (κ3) is 12.3. The highest BCUT2D eigenvalue weighted by Gasteiger charge is 2.36. The van der Waals surface area contributed by atoms with Gasteiger partial charge < -0.3 is 14.8 Å². The first-order valence-electron chi connectivity index (χ1n) is 12.8. The Balaban J connectivity index is 2.49. The van der Waals surface area contributed by atoms with Gasteiger partial charge in [0.1, 0.15) is 17.7 Å². The van der Waals surface area contributed by atoms with Crippen LogP contribution in [0.25, 0.3) is 0 Å². The molecular weight excluding hydrogens is 422 g/mol. The quantitative estimate of drug-likeness (QED) is 0.279. The number of methoxy groups -OCH3 is 1. The van der Waals surface area contributed by atoms with Gasteiger partial charge in [-0.2, -0.15) is 0 Å². The standard InChI is InChI=1S/C25H47N3O5/c1-6-7-8-9-10-11-12-13-14-15-17-20(23(30)32-5)27-22(29)21-18-16-19-26-28(21)24(31)33-25(2,3)4/h20-21,26H,6-19H2,1-5H3,(H,27,29)/t20?,21-/m0/s1. The second kappa shape index (κ2) is 15.9. The van der Waals surface area contributed by atoms with Gasteiger partial charge in [-0.15, -0.1) is 0 Å². The lowest BCUT2D eigenvalue weighted by molar-refractivity contribution is -0.146. The Morgan fingerprint density at radius 2 is 1.58 bits per heavy atom. The Kier molecular flexibility index (Phi) is 14.1. The Morgan fingerprint density at radius 1 is 1.00 bits per heavy atom. The van der Waals surface area contributed by atoms with Crippen LogP contribution in [-0.4, -0.2) is 54.3 Å². The summed E-state index contributed by atoms with van der Waals surface area (Å²) in [7, 11) is 1.33. The van der Waals surface area contributed by atoms with E-state index in [9.17, 15) is 14.4 Å². The summed E-state index contributed by atoms with van der Waals surface area (Å²) in [6.45, 7) is 8.16. The maximum Gasteiger partial charge on any atom is 0.425 e. The molecule has 192 valence electrons. The van der Waals surface area contributed by atoms with Gasteiger partial charge in [0.05, 0.1) is 7.11 Å². The number of esters is 1. The van der Waals surface area contributed by atoms with Crippen molar-refractivity contribution in [3.05, 3.63) is 0 Å². The van der Waals surface area contributed by atoms with E-state index in [1.54, 1.807) is 20.8 Å². The number of unbranched alkanes of at least 4 members (excludes halogenated alkanes) is 9. The molecule has 1 rings (SSSR count). The molecule has 1 heterocycles. The first kappa shape index (κ1) is 29.2. The first-order valence-corrected chi connectivity index (χ1v) is 12.8. The van der Waals surface area contributed by atoms with E-state index in [1.165, 1.54) is 57.1 Å². The molecule has 2 atom stereocenters. The fourth-order valence-electron chi connectivity index (χ4n) is 3.98. The zero-order chi connectivity index (χ0) is 24.7. The van der Waals surface area contributed by atoms with Crippen molar-refractivity contribution in [1.82, 2.24) is 15.8 Å². The van der Waals surface area contributed by atoms with E-state index in [0.29, 0.717) is 19.4 Å². The topological polar surface area (TPSA) is 97.0 Å². The zero-order valence-electron chi connectivity index (χ0n) is 21.5. The molecular formula is C25H47N3O5. The molecule has 0 aromatic heterocycles. The van der Waals surface area contributed by atoms with Crippen molar-refractivity contribution in [1.29, 1.82) is 0 Å². The van der Waals surface area contributed by atoms with Crippen molar-refractivity contribution in [2.75, 3.05) is 13.7 Å². The summed E-state index contributed by atoms with van der Waals surface area (Å²) in [5, 5.41) is 4.06. The molecule has 0 radical (unpaired) electrons. The monoisotopic (exact) mass is 469 g/mol. The third-order valence-electron chi connectivity index (χ3n) is 5.79. The average molecular weight is 470 g/mol. The van der Waals surface area contributed by atoms with E-state index in [0.717, 1.165) is 25.7 Å². The number of hydrazine groups is 1. The maximum absolute atomic E-state index is 13.0. The Morgan fingerprint density at radius 3 is 2.12 bits per heavy atom. The molecule has 2 amide bonds. The van der Waals surface area contributed by atoms with Gasteiger partial charge >= 0.3 is 12.1 Å². The number of nitrogens with one attached hydrogen (secondary N) is 2. The van der Waals surface area contributed by atoms with E-state index in [4.69, 9.17) is 9.47 Å². The largest absolute Gasteiger partial charge is 0.467 e. The van der Waals surface area contributed by atoms with Crippen molar-refractivity contribution in [2.45, 2.75) is 129 Å². The fraction of sp³-hybridized carbons (Fsp3) is 0.880. The number of carbonyl (C=O) groups excluding carboxylic acids is 3. The number of ether oxygens (including phenoxy) is 2. The Labute approximate surface area is 200 Å². The first-order chi connectivity index (χ1) is 15.7. The molecule has 8 heteroatoms. The van der Waals surface area contributed by atoms with Gasteiger partial charge in [0.15, 0.2) is 0 Å². The Bertz CT molecular complexity index is 591. The molecule has 2 N–H and O–H groups in total. The molecule has 1 saturated heterocycles. The number of rotatable bonds is 14. The SMILES string of the molecule is CCCCCCCCCCCCC(NC(=O)[C@@H]1CCCNN1C(=O)OC(C)(C)C)C(=O)OC. The minimum atomic E-state index is -0.728. The van der Waals surface area contributed by atoms with Crippen molar-refractivity contribution in [3.63, 3.8) is 0 Å². The van der Waals surface area contributed by atoms with Crippen LogP contribution in [0.1, 0.15) is 111 Å². The van der Waals surface area contributed by atoms with Crippen molar-refractivity contribution in [3.8, 4) is 0 Å². The van der Waals surface area contributed by atoms with Crippen LogP contribution in [0.4, 0.5) is 4.79 Å². The molecule has 0 bridgehead atoms. The summed E-state index contributed by atoms with van der Waals surface area (Å²) in [5.41, 5.74) is 2.29. The lowest BCUT2D eigenvalue weighted by atomic mass is 10.0. The van der Waals surface area contributed by atoms with Crippen LogP contribution in [0, 0.1) is 0 Å². The van der Waals surface area contributed by atoms with E-state index in [2.05, 4.69) is 17.7 Å². The van der Waals surface area contributed by atoms with Gasteiger partial charge in [-0.3, -0.25) is 4.79 Å². The highest BCUT2D eigenvalue weighted by Crippen LogP contribution is 2.17. The summed E-state index contributed by atoms with van der Waals surface area (Å²) >= 11 is 0. The highest BCUT2D eigenvalue weighted by atomic mass is 16.6. The summed E-state index contributed by atoms with van der Waals surface area (Å²) in [6.07, 6.45) is 13.2. The molecule has 8 nitrogen and oxygen atoms in total. The van der Waals surface area contributed by atoms with Gasteiger partial charge in [0.2, 0.25) is 5.91 Å². The van der Waals surface area contributed by atoms with Crippen LogP contribution in [0.3, 0.4) is 0 Å². The van der Waals surface area contributed by atoms with Crippen LogP contribution >= 0.6 is 0 Å². The normalized spacial score (nSPS) is 17.4. The zero-order valence-corrected chi connectivity index (χ0v) is 21.5. The van der Waals surface area contributed by atoms with Crippen LogP contribution in [-0.2, 0) is 19.1 Å². The lowest BCUT2D eigenvalue weighted by Crippen LogP contribution is -2.61. The lowest BCUT2D eigenvalue weighted by Gasteiger charge is -2.36. The van der Waals surface area contributed by atoms with Crippen molar-refractivity contribution >= 4 is 18.0 Å². The van der Waals surface area contributed by atoms with Crippen molar-refractivity contribution in [2.24, 2.45) is 0 Å². The fourth-order valence-corrected chi connectivity index (χ4v) is 3.98. The molecule has 1 aliphatic rings. The molecule has 0 spiro atoms. The molecule has 0 aromatic carbocycles.